The van der Waals surface area contributed by atoms with Crippen molar-refractivity contribution in [2.75, 3.05) is 24.0 Å². The molecule has 1 amide bonds. The molecule has 0 N–H and O–H groups in total. The van der Waals surface area contributed by atoms with Crippen molar-refractivity contribution in [1.82, 2.24) is 9.80 Å². The number of ether oxygens (including phenoxy) is 1. The molecule has 6 rings (SSSR count). The summed E-state index contributed by atoms with van der Waals surface area (Å²) in [5.41, 5.74) is 3.02. The molecule has 5 aromatic carbocycles. The van der Waals surface area contributed by atoms with Crippen LogP contribution in [-0.4, -0.2) is 56.1 Å². The molecule has 0 radical (unpaired) electrons. The van der Waals surface area contributed by atoms with Gasteiger partial charge < -0.3 is 9.64 Å². The lowest BCUT2D eigenvalue weighted by molar-refractivity contribution is 0.0592. The van der Waals surface area contributed by atoms with E-state index in [2.05, 4.69) is 36.1 Å². The third kappa shape index (κ3) is 7.84. The van der Waals surface area contributed by atoms with Gasteiger partial charge in [-0.25, -0.2) is 13.2 Å². The van der Waals surface area contributed by atoms with Crippen molar-refractivity contribution in [3.05, 3.63) is 145 Å². The molecule has 1 fully saturated rings. The number of sulfonamides is 1. The molecule has 0 saturated carbocycles. The van der Waals surface area contributed by atoms with E-state index in [1.807, 2.05) is 97.1 Å². The van der Waals surface area contributed by atoms with Gasteiger partial charge in [-0.2, -0.15) is 0 Å². The lowest BCUT2D eigenvalue weighted by Crippen LogP contribution is -2.49. The molecule has 0 spiro atoms. The Morgan fingerprint density at radius 2 is 1.28 bits per heavy atom. The van der Waals surface area contributed by atoms with Crippen LogP contribution in [0.2, 0.25) is 0 Å². The summed E-state index contributed by atoms with van der Waals surface area (Å²) in [5.74, 6) is 0. The summed E-state index contributed by atoms with van der Waals surface area (Å²) >= 11 is 0. The number of benzene rings is 5. The first-order valence-corrected chi connectivity index (χ1v) is 17.6. The Morgan fingerprint density at radius 3 is 1.87 bits per heavy atom. The molecule has 8 heteroatoms. The Kier molecular flexibility index (Phi) is 10.2. The van der Waals surface area contributed by atoms with E-state index in [9.17, 15) is 13.2 Å². The summed E-state index contributed by atoms with van der Waals surface area (Å²) in [6.07, 6.45) is 0.638. The maximum atomic E-state index is 14.2. The number of carbonyl (C=O) groups excluding carboxylic acids is 1. The van der Waals surface area contributed by atoms with Crippen molar-refractivity contribution in [2.24, 2.45) is 0 Å². The SMILES string of the molecule is C[C@@H](COC(=O)N1CCC(N(c2ccccc2)S(=O)(=O)c2ccc3ccccc3c2)CC1)N(Cc1ccccc1)Cc1ccccc1. The number of hydrogen-bond donors (Lipinski definition) is 0. The Morgan fingerprint density at radius 1 is 0.745 bits per heavy atom. The van der Waals surface area contributed by atoms with E-state index in [0.29, 0.717) is 31.6 Å². The fraction of sp³-hybridized carbons (Fsp3) is 0.256. The maximum absolute atomic E-state index is 14.2. The van der Waals surface area contributed by atoms with Crippen molar-refractivity contribution in [1.29, 1.82) is 0 Å². The minimum Gasteiger partial charge on any atom is -0.448 e. The fourth-order valence-corrected chi connectivity index (χ4v) is 7.98. The predicted octanol–water partition coefficient (Wildman–Crippen LogP) is 7.73. The number of amides is 1. The molecule has 0 bridgehead atoms. The monoisotopic (exact) mass is 647 g/mol. The molecule has 0 aliphatic carbocycles. The van der Waals surface area contributed by atoms with Crippen molar-refractivity contribution < 1.29 is 17.9 Å². The van der Waals surface area contributed by atoms with E-state index in [4.69, 9.17) is 4.74 Å². The molecule has 1 aliphatic heterocycles. The molecule has 1 saturated heterocycles. The van der Waals surface area contributed by atoms with Crippen LogP contribution in [0.15, 0.2) is 138 Å². The fourth-order valence-electron chi connectivity index (χ4n) is 6.24. The van der Waals surface area contributed by atoms with Crippen molar-refractivity contribution in [3.63, 3.8) is 0 Å². The predicted molar refractivity (Wildman–Crippen MR) is 188 cm³/mol. The number of hydrogen-bond acceptors (Lipinski definition) is 5. The number of para-hydroxylation sites is 1. The summed E-state index contributed by atoms with van der Waals surface area (Å²) in [4.78, 5) is 17.6. The number of rotatable bonds is 11. The maximum Gasteiger partial charge on any atom is 0.409 e. The molecule has 0 unspecified atom stereocenters. The van der Waals surface area contributed by atoms with Crippen molar-refractivity contribution in [2.45, 2.75) is 49.8 Å². The van der Waals surface area contributed by atoms with Gasteiger partial charge in [0.15, 0.2) is 0 Å². The topological polar surface area (TPSA) is 70.2 Å². The normalized spacial score (nSPS) is 14.6. The summed E-state index contributed by atoms with van der Waals surface area (Å²) in [7, 11) is -3.87. The minimum atomic E-state index is -3.87. The van der Waals surface area contributed by atoms with Crippen LogP contribution in [0.3, 0.4) is 0 Å². The van der Waals surface area contributed by atoms with Crippen LogP contribution in [0, 0.1) is 0 Å². The number of nitrogens with zero attached hydrogens (tertiary/aromatic N) is 3. The number of carbonyl (C=O) groups is 1. The average Bonchev–Trinajstić information content (AvgIpc) is 3.11. The first-order valence-electron chi connectivity index (χ1n) is 16.2. The Labute approximate surface area is 278 Å². The van der Waals surface area contributed by atoms with Crippen LogP contribution in [0.25, 0.3) is 10.8 Å². The van der Waals surface area contributed by atoms with Gasteiger partial charge in [-0.15, -0.1) is 0 Å². The largest absolute Gasteiger partial charge is 0.448 e. The Hall–Kier alpha value is -4.66. The summed E-state index contributed by atoms with van der Waals surface area (Å²) in [6.45, 7) is 4.63. The summed E-state index contributed by atoms with van der Waals surface area (Å²) in [5, 5.41) is 1.86. The van der Waals surface area contributed by atoms with E-state index < -0.39 is 10.0 Å². The van der Waals surface area contributed by atoms with Gasteiger partial charge in [-0.3, -0.25) is 9.21 Å². The zero-order valence-corrected chi connectivity index (χ0v) is 27.5. The van der Waals surface area contributed by atoms with Crippen LogP contribution in [0.1, 0.15) is 30.9 Å². The van der Waals surface area contributed by atoms with E-state index in [0.717, 1.165) is 23.9 Å². The third-order valence-corrected chi connectivity index (χ3v) is 10.7. The number of likely N-dealkylation sites (tertiary alicyclic amines) is 1. The van der Waals surface area contributed by atoms with Crippen LogP contribution in [0.4, 0.5) is 10.5 Å². The molecular formula is C39H41N3O4S. The second-order valence-corrected chi connectivity index (χ2v) is 14.0. The van der Waals surface area contributed by atoms with E-state index >= 15 is 0 Å². The highest BCUT2D eigenvalue weighted by Crippen LogP contribution is 2.32. The highest BCUT2D eigenvalue weighted by atomic mass is 32.2. The zero-order chi connectivity index (χ0) is 32.6. The van der Waals surface area contributed by atoms with E-state index in [1.165, 1.54) is 11.1 Å². The van der Waals surface area contributed by atoms with Crippen molar-refractivity contribution in [3.8, 4) is 0 Å². The van der Waals surface area contributed by atoms with Crippen molar-refractivity contribution >= 4 is 32.6 Å². The Bertz CT molecular complexity index is 1820. The smallest absolute Gasteiger partial charge is 0.409 e. The first kappa shape index (κ1) is 32.3. The standard InChI is InChI=1S/C39H41N3O4S/c1-31(41(28-32-13-5-2-6-14-32)29-33-15-7-3-8-16-33)30-46-39(43)40-25-23-37(24-26-40)42(36-19-9-4-10-20-36)47(44,45)38-22-21-34-17-11-12-18-35(34)27-38/h2-22,27,31,37H,23-26,28-30H2,1H3/t31-/m0/s1. The molecule has 242 valence electrons. The highest BCUT2D eigenvalue weighted by Gasteiger charge is 2.35. The molecule has 1 heterocycles. The quantitative estimate of drug-likeness (QED) is 0.147. The van der Waals surface area contributed by atoms with Gasteiger partial charge in [0.1, 0.15) is 6.61 Å². The average molecular weight is 648 g/mol. The summed E-state index contributed by atoms with van der Waals surface area (Å²) in [6, 6.07) is 42.6. The summed E-state index contributed by atoms with van der Waals surface area (Å²) < 4.78 is 35.8. The van der Waals surface area contributed by atoms with Gasteiger partial charge in [-0.05, 0) is 65.9 Å². The van der Waals surface area contributed by atoms with E-state index in [-0.39, 0.29) is 29.7 Å². The van der Waals surface area contributed by atoms with Gasteiger partial charge in [0, 0.05) is 38.3 Å². The molecule has 1 aliphatic rings. The number of fused-ring (bicyclic) bond motifs is 1. The van der Waals surface area contributed by atoms with E-state index in [1.54, 1.807) is 21.3 Å². The first-order chi connectivity index (χ1) is 22.9. The second-order valence-electron chi connectivity index (χ2n) is 12.2. The molecule has 47 heavy (non-hydrogen) atoms. The van der Waals surface area contributed by atoms with Gasteiger partial charge >= 0.3 is 6.09 Å². The minimum absolute atomic E-state index is 0.0161. The van der Waals surface area contributed by atoms with Crippen LogP contribution in [0.5, 0.6) is 0 Å². The third-order valence-electron chi connectivity index (χ3n) is 8.87. The zero-order valence-electron chi connectivity index (χ0n) is 26.7. The lowest BCUT2D eigenvalue weighted by Gasteiger charge is -2.38. The highest BCUT2D eigenvalue weighted by molar-refractivity contribution is 7.92. The molecule has 1 atom stereocenters. The lowest BCUT2D eigenvalue weighted by atomic mass is 10.0. The molecule has 0 aromatic heterocycles. The van der Waals surface area contributed by atoms with Gasteiger partial charge in [0.2, 0.25) is 0 Å². The molecule has 7 nitrogen and oxygen atoms in total. The van der Waals surface area contributed by atoms with Gasteiger partial charge in [0.05, 0.1) is 10.6 Å². The second kappa shape index (κ2) is 14.8. The van der Waals surface area contributed by atoms with Crippen LogP contribution < -0.4 is 4.31 Å². The number of anilines is 1. The molecule has 5 aromatic rings. The van der Waals surface area contributed by atoms with Crippen LogP contribution >= 0.6 is 0 Å². The van der Waals surface area contributed by atoms with Gasteiger partial charge in [0.25, 0.3) is 10.0 Å². The number of piperidine rings is 1. The molecular weight excluding hydrogens is 607 g/mol. The Balaban J connectivity index is 1.11. The van der Waals surface area contributed by atoms with Gasteiger partial charge in [-0.1, -0.05) is 109 Å². The van der Waals surface area contributed by atoms with Crippen LogP contribution in [-0.2, 0) is 27.8 Å².